The van der Waals surface area contributed by atoms with Crippen molar-refractivity contribution >= 4 is 29.2 Å². The van der Waals surface area contributed by atoms with Crippen molar-refractivity contribution in [1.82, 2.24) is 9.97 Å². The highest BCUT2D eigenvalue weighted by atomic mass is 35.5. The number of hydrogen-bond acceptors (Lipinski definition) is 4. The van der Waals surface area contributed by atoms with Crippen LogP contribution in [0.3, 0.4) is 0 Å². The van der Waals surface area contributed by atoms with E-state index in [9.17, 15) is 0 Å². The quantitative estimate of drug-likeness (QED) is 0.510. The monoisotopic (exact) mass is 257 g/mol. The molecule has 5 heteroatoms. The average molecular weight is 258 g/mol. The van der Waals surface area contributed by atoms with Gasteiger partial charge in [-0.15, -0.1) is 11.6 Å². The van der Waals surface area contributed by atoms with E-state index in [-0.39, 0.29) is 0 Å². The second-order valence-electron chi connectivity index (χ2n) is 3.99. The fourth-order valence-corrected chi connectivity index (χ4v) is 2.51. The van der Waals surface area contributed by atoms with Crippen molar-refractivity contribution < 1.29 is 0 Å². The summed E-state index contributed by atoms with van der Waals surface area (Å²) in [5.41, 5.74) is 0.992. The van der Waals surface area contributed by atoms with Crippen LogP contribution in [0, 0.1) is 0 Å². The van der Waals surface area contributed by atoms with E-state index in [1.54, 1.807) is 11.8 Å². The number of alkyl halides is 1. The largest absolute Gasteiger partial charge is 0.367 e. The Morgan fingerprint density at radius 1 is 1.50 bits per heavy atom. The first-order valence-electron chi connectivity index (χ1n) is 5.56. The molecule has 0 bridgehead atoms. The maximum atomic E-state index is 5.89. The van der Waals surface area contributed by atoms with Gasteiger partial charge < -0.3 is 5.32 Å². The Bertz CT molecular complexity index is 353. The zero-order chi connectivity index (χ0) is 11.4. The Morgan fingerprint density at radius 3 is 2.88 bits per heavy atom. The molecule has 0 spiro atoms. The summed E-state index contributed by atoms with van der Waals surface area (Å²) in [5.74, 6) is 1.38. The topological polar surface area (TPSA) is 37.8 Å². The lowest BCUT2D eigenvalue weighted by atomic mass is 10.2. The first-order chi connectivity index (χ1) is 7.83. The highest BCUT2D eigenvalue weighted by molar-refractivity contribution is 7.98. The SMILES string of the molecule is CSc1ncc(CCl)c(NC2CCCC2)n1. The van der Waals surface area contributed by atoms with Crippen LogP contribution >= 0.6 is 23.4 Å². The molecule has 1 N–H and O–H groups in total. The predicted octanol–water partition coefficient (Wildman–Crippen LogP) is 3.29. The summed E-state index contributed by atoms with van der Waals surface area (Å²) >= 11 is 7.44. The van der Waals surface area contributed by atoms with Gasteiger partial charge in [0.25, 0.3) is 0 Å². The molecule has 1 fully saturated rings. The summed E-state index contributed by atoms with van der Waals surface area (Å²) in [6.07, 6.45) is 8.90. The summed E-state index contributed by atoms with van der Waals surface area (Å²) in [6, 6.07) is 0.562. The number of anilines is 1. The van der Waals surface area contributed by atoms with E-state index in [0.29, 0.717) is 11.9 Å². The molecule has 0 radical (unpaired) electrons. The molecule has 1 aliphatic carbocycles. The molecular formula is C11H16ClN3S. The molecule has 0 atom stereocenters. The summed E-state index contributed by atoms with van der Waals surface area (Å²) in [6.45, 7) is 0. The smallest absolute Gasteiger partial charge is 0.189 e. The maximum absolute atomic E-state index is 5.89. The zero-order valence-corrected chi connectivity index (χ0v) is 10.9. The van der Waals surface area contributed by atoms with Crippen LogP contribution in [0.4, 0.5) is 5.82 Å². The van der Waals surface area contributed by atoms with Gasteiger partial charge in [0.1, 0.15) is 5.82 Å². The van der Waals surface area contributed by atoms with Gasteiger partial charge in [0, 0.05) is 17.8 Å². The van der Waals surface area contributed by atoms with Gasteiger partial charge in [0.2, 0.25) is 0 Å². The zero-order valence-electron chi connectivity index (χ0n) is 9.37. The molecule has 88 valence electrons. The summed E-state index contributed by atoms with van der Waals surface area (Å²) < 4.78 is 0. The van der Waals surface area contributed by atoms with Gasteiger partial charge in [-0.1, -0.05) is 24.6 Å². The highest BCUT2D eigenvalue weighted by Crippen LogP contribution is 2.24. The van der Waals surface area contributed by atoms with E-state index >= 15 is 0 Å². The van der Waals surface area contributed by atoms with Gasteiger partial charge in [-0.3, -0.25) is 0 Å². The maximum Gasteiger partial charge on any atom is 0.189 e. The molecule has 0 saturated heterocycles. The molecule has 1 aliphatic rings. The average Bonchev–Trinajstić information content (AvgIpc) is 2.82. The minimum absolute atomic E-state index is 0.462. The Labute approximate surface area is 105 Å². The Morgan fingerprint density at radius 2 is 2.25 bits per heavy atom. The highest BCUT2D eigenvalue weighted by Gasteiger charge is 2.17. The van der Waals surface area contributed by atoms with Gasteiger partial charge in [0.15, 0.2) is 5.16 Å². The van der Waals surface area contributed by atoms with Gasteiger partial charge in [-0.2, -0.15) is 0 Å². The third kappa shape index (κ3) is 2.80. The van der Waals surface area contributed by atoms with E-state index < -0.39 is 0 Å². The molecule has 3 nitrogen and oxygen atoms in total. The molecule has 0 amide bonds. The molecule has 16 heavy (non-hydrogen) atoms. The fraction of sp³-hybridized carbons (Fsp3) is 0.636. The number of nitrogens with zero attached hydrogens (tertiary/aromatic N) is 2. The number of thioether (sulfide) groups is 1. The van der Waals surface area contributed by atoms with Gasteiger partial charge >= 0.3 is 0 Å². The standard InChI is InChI=1S/C11H16ClN3S/c1-16-11-13-7-8(6-12)10(15-11)14-9-4-2-3-5-9/h7,9H,2-6H2,1H3,(H,13,14,15). The number of halogens is 1. The van der Waals surface area contributed by atoms with Crippen LogP contribution in [0.25, 0.3) is 0 Å². The van der Waals surface area contributed by atoms with Crippen LogP contribution in [-0.4, -0.2) is 22.3 Å². The van der Waals surface area contributed by atoms with Crippen LogP contribution in [0.2, 0.25) is 0 Å². The van der Waals surface area contributed by atoms with Crippen molar-refractivity contribution in [2.75, 3.05) is 11.6 Å². The number of hydrogen-bond donors (Lipinski definition) is 1. The molecular weight excluding hydrogens is 242 g/mol. The van der Waals surface area contributed by atoms with E-state index in [4.69, 9.17) is 11.6 Å². The second kappa shape index (κ2) is 5.73. The number of rotatable bonds is 4. The van der Waals surface area contributed by atoms with Crippen molar-refractivity contribution in [1.29, 1.82) is 0 Å². The molecule has 1 heterocycles. The second-order valence-corrected chi connectivity index (χ2v) is 5.03. The molecule has 2 rings (SSSR count). The normalized spacial score (nSPS) is 16.6. The van der Waals surface area contributed by atoms with Gasteiger partial charge in [-0.05, 0) is 19.1 Å². The summed E-state index contributed by atoms with van der Waals surface area (Å²) in [7, 11) is 0. The van der Waals surface area contributed by atoms with Crippen molar-refractivity contribution in [2.45, 2.75) is 42.8 Å². The van der Waals surface area contributed by atoms with Crippen LogP contribution in [0.5, 0.6) is 0 Å². The van der Waals surface area contributed by atoms with Crippen LogP contribution in [0.15, 0.2) is 11.4 Å². The minimum Gasteiger partial charge on any atom is -0.367 e. The van der Waals surface area contributed by atoms with Crippen molar-refractivity contribution in [3.8, 4) is 0 Å². The lowest BCUT2D eigenvalue weighted by Gasteiger charge is -2.15. The number of nitrogens with one attached hydrogen (secondary N) is 1. The lowest BCUT2D eigenvalue weighted by molar-refractivity contribution is 0.743. The molecule has 0 aromatic carbocycles. The predicted molar refractivity (Wildman–Crippen MR) is 69.2 cm³/mol. The van der Waals surface area contributed by atoms with E-state index in [1.165, 1.54) is 25.7 Å². The first-order valence-corrected chi connectivity index (χ1v) is 7.32. The van der Waals surface area contributed by atoms with Crippen molar-refractivity contribution in [3.63, 3.8) is 0 Å². The van der Waals surface area contributed by atoms with Crippen molar-refractivity contribution in [3.05, 3.63) is 11.8 Å². The van der Waals surface area contributed by atoms with Crippen LogP contribution in [0.1, 0.15) is 31.2 Å². The minimum atomic E-state index is 0.462. The van der Waals surface area contributed by atoms with Crippen molar-refractivity contribution in [2.24, 2.45) is 0 Å². The third-order valence-electron chi connectivity index (χ3n) is 2.86. The Balaban J connectivity index is 2.15. The Hall–Kier alpha value is -0.480. The van der Waals surface area contributed by atoms with Crippen LogP contribution < -0.4 is 5.32 Å². The van der Waals surface area contributed by atoms with E-state index in [0.717, 1.165) is 16.5 Å². The van der Waals surface area contributed by atoms with Gasteiger partial charge in [0.05, 0.1) is 5.88 Å². The Kier molecular flexibility index (Phi) is 4.29. The molecule has 0 unspecified atom stereocenters. The lowest BCUT2D eigenvalue weighted by Crippen LogP contribution is -2.17. The summed E-state index contributed by atoms with van der Waals surface area (Å²) in [5, 5.41) is 4.29. The number of aromatic nitrogens is 2. The van der Waals surface area contributed by atoms with Gasteiger partial charge in [-0.25, -0.2) is 9.97 Å². The summed E-state index contributed by atoms with van der Waals surface area (Å²) in [4.78, 5) is 8.71. The molecule has 1 aromatic heterocycles. The van der Waals surface area contributed by atoms with Crippen LogP contribution in [-0.2, 0) is 5.88 Å². The van der Waals surface area contributed by atoms with E-state index in [2.05, 4.69) is 15.3 Å². The molecule has 0 aliphatic heterocycles. The fourth-order valence-electron chi connectivity index (χ4n) is 1.98. The first kappa shape index (κ1) is 12.0. The molecule has 1 saturated carbocycles. The van der Waals surface area contributed by atoms with E-state index in [1.807, 2.05) is 12.5 Å². The third-order valence-corrected chi connectivity index (χ3v) is 3.71. The molecule has 1 aromatic rings.